The molecule has 2 fully saturated rings. The number of nitrogens with zero attached hydrogens (tertiary/aromatic N) is 6. The van der Waals surface area contributed by atoms with E-state index in [1.54, 1.807) is 6.21 Å². The Morgan fingerprint density at radius 3 is 2.18 bits per heavy atom. The maximum absolute atomic E-state index is 6.06. The van der Waals surface area contributed by atoms with Gasteiger partial charge in [-0.1, -0.05) is 46.3 Å². The van der Waals surface area contributed by atoms with Crippen LogP contribution in [-0.2, 0) is 6.61 Å². The molecule has 34 heavy (non-hydrogen) atoms. The lowest BCUT2D eigenvalue weighted by atomic mass is 10.2. The van der Waals surface area contributed by atoms with E-state index in [0.717, 1.165) is 59.4 Å². The number of anilines is 3. The van der Waals surface area contributed by atoms with Crippen molar-refractivity contribution in [3.05, 3.63) is 64.1 Å². The first-order chi connectivity index (χ1) is 16.7. The Labute approximate surface area is 208 Å². The van der Waals surface area contributed by atoms with Crippen molar-refractivity contribution in [1.29, 1.82) is 0 Å². The van der Waals surface area contributed by atoms with Crippen LogP contribution in [0.3, 0.4) is 0 Å². The summed E-state index contributed by atoms with van der Waals surface area (Å²) in [6, 6.07) is 16.0. The van der Waals surface area contributed by atoms with Crippen LogP contribution in [0.25, 0.3) is 0 Å². The maximum atomic E-state index is 6.06. The molecule has 2 aliphatic rings. The van der Waals surface area contributed by atoms with Gasteiger partial charge in [0.1, 0.15) is 12.4 Å². The van der Waals surface area contributed by atoms with Crippen molar-refractivity contribution >= 4 is 40.0 Å². The maximum Gasteiger partial charge on any atom is 0.250 e. The first kappa shape index (κ1) is 22.6. The first-order valence-electron chi connectivity index (χ1n) is 11.8. The number of hydrogen-bond acceptors (Lipinski definition) is 8. The number of hydrogen-bond donors (Lipinski definition) is 1. The molecule has 3 aromatic rings. The smallest absolute Gasteiger partial charge is 0.250 e. The van der Waals surface area contributed by atoms with Crippen LogP contribution in [0.15, 0.2) is 58.1 Å². The predicted octanol–water partition coefficient (Wildman–Crippen LogP) is 4.86. The number of ether oxygens (including phenoxy) is 1. The fourth-order valence-corrected chi connectivity index (χ4v) is 4.55. The third kappa shape index (κ3) is 5.64. The van der Waals surface area contributed by atoms with Crippen LogP contribution in [0.5, 0.6) is 5.75 Å². The summed E-state index contributed by atoms with van der Waals surface area (Å²) < 4.78 is 7.01. The molecule has 1 N–H and O–H groups in total. The topological polar surface area (TPSA) is 78.8 Å². The first-order valence-corrected chi connectivity index (χ1v) is 12.6. The van der Waals surface area contributed by atoms with Crippen molar-refractivity contribution in [2.45, 2.75) is 32.3 Å². The second kappa shape index (κ2) is 10.8. The summed E-state index contributed by atoms with van der Waals surface area (Å²) in [6.45, 7) is 4.40. The van der Waals surface area contributed by atoms with Gasteiger partial charge >= 0.3 is 0 Å². The van der Waals surface area contributed by atoms with Crippen LogP contribution in [0, 0.1) is 0 Å². The summed E-state index contributed by atoms with van der Waals surface area (Å²) >= 11 is 3.54. The van der Waals surface area contributed by atoms with Crippen molar-refractivity contribution in [2.75, 3.05) is 41.4 Å². The summed E-state index contributed by atoms with van der Waals surface area (Å²) in [5.41, 5.74) is 4.99. The quantitative estimate of drug-likeness (QED) is 0.335. The molecule has 2 saturated heterocycles. The molecule has 0 unspecified atom stereocenters. The third-order valence-electron chi connectivity index (χ3n) is 5.97. The largest absolute Gasteiger partial charge is 0.488 e. The van der Waals surface area contributed by atoms with E-state index >= 15 is 0 Å². The fraction of sp³-hybridized carbons (Fsp3) is 0.360. The zero-order chi connectivity index (χ0) is 23.2. The lowest BCUT2D eigenvalue weighted by Gasteiger charge is -2.20. The van der Waals surface area contributed by atoms with Crippen LogP contribution in [0.4, 0.5) is 17.8 Å². The van der Waals surface area contributed by atoms with Crippen LogP contribution < -0.4 is 20.0 Å². The molecule has 3 heterocycles. The molecule has 2 aliphatic heterocycles. The summed E-state index contributed by atoms with van der Waals surface area (Å²) in [7, 11) is 0. The minimum atomic E-state index is 0.455. The lowest BCUT2D eigenvalue weighted by molar-refractivity contribution is 0.306. The highest BCUT2D eigenvalue weighted by Crippen LogP contribution is 2.24. The monoisotopic (exact) mass is 521 g/mol. The molecule has 0 amide bonds. The van der Waals surface area contributed by atoms with Gasteiger partial charge < -0.3 is 14.5 Å². The van der Waals surface area contributed by atoms with E-state index in [9.17, 15) is 0 Å². The molecule has 0 atom stereocenters. The second-order valence-corrected chi connectivity index (χ2v) is 9.39. The SMILES string of the molecule is Brc1ccc(OCc2ccccc2)c(/C=N\Nc2nc(N3CCCC3)nc(N3CCCC3)n2)c1. The van der Waals surface area contributed by atoms with Crippen molar-refractivity contribution < 1.29 is 4.74 Å². The predicted molar refractivity (Wildman–Crippen MR) is 139 cm³/mol. The number of hydrazone groups is 1. The van der Waals surface area contributed by atoms with Crippen molar-refractivity contribution in [3.8, 4) is 5.75 Å². The molecular weight excluding hydrogens is 494 g/mol. The number of aromatic nitrogens is 3. The molecule has 0 spiro atoms. The van der Waals surface area contributed by atoms with Gasteiger partial charge in [-0.25, -0.2) is 5.43 Å². The van der Waals surface area contributed by atoms with Gasteiger partial charge in [-0.3, -0.25) is 0 Å². The van der Waals surface area contributed by atoms with Crippen molar-refractivity contribution in [2.24, 2.45) is 5.10 Å². The summed E-state index contributed by atoms with van der Waals surface area (Å²) in [5, 5.41) is 4.44. The molecule has 0 saturated carbocycles. The molecule has 1 aromatic heterocycles. The summed E-state index contributed by atoms with van der Waals surface area (Å²) in [6.07, 6.45) is 6.40. The number of benzene rings is 2. The Kier molecular flexibility index (Phi) is 7.19. The average Bonchev–Trinajstić information content (AvgIpc) is 3.59. The second-order valence-electron chi connectivity index (χ2n) is 8.47. The molecule has 8 nitrogen and oxygen atoms in total. The van der Waals surface area contributed by atoms with E-state index in [1.165, 1.54) is 25.7 Å². The highest BCUT2D eigenvalue weighted by molar-refractivity contribution is 9.10. The zero-order valence-corrected chi connectivity index (χ0v) is 20.6. The normalized spacial score (nSPS) is 15.9. The Bertz CT molecular complexity index is 1100. The molecular formula is C25H28BrN7O. The van der Waals surface area contributed by atoms with Gasteiger partial charge in [0.2, 0.25) is 17.8 Å². The van der Waals surface area contributed by atoms with Gasteiger partial charge in [0, 0.05) is 36.2 Å². The lowest BCUT2D eigenvalue weighted by Crippen LogP contribution is -2.25. The zero-order valence-electron chi connectivity index (χ0n) is 19.0. The number of halogens is 1. The van der Waals surface area contributed by atoms with Gasteiger partial charge in [-0.2, -0.15) is 20.1 Å². The number of rotatable bonds is 8. The Hall–Kier alpha value is -3.20. The molecule has 176 valence electrons. The van der Waals surface area contributed by atoms with E-state index in [2.05, 4.69) is 46.2 Å². The standard InChI is InChI=1S/C25H28BrN7O/c26-21-10-11-22(34-18-19-8-2-1-3-9-19)20(16-21)17-27-31-23-28-24(32-12-4-5-13-32)30-25(29-23)33-14-6-7-15-33/h1-3,8-11,16-17H,4-7,12-15,18H2,(H,28,29,30,31)/b27-17-. The highest BCUT2D eigenvalue weighted by Gasteiger charge is 2.21. The van der Waals surface area contributed by atoms with Gasteiger partial charge in [-0.15, -0.1) is 0 Å². The molecule has 9 heteroatoms. The van der Waals surface area contributed by atoms with Crippen LogP contribution >= 0.6 is 15.9 Å². The Balaban J connectivity index is 1.33. The number of nitrogens with one attached hydrogen (secondary N) is 1. The van der Waals surface area contributed by atoms with E-state index in [1.807, 2.05) is 48.5 Å². The van der Waals surface area contributed by atoms with Crippen LogP contribution in [-0.4, -0.2) is 47.3 Å². The molecule has 0 aliphatic carbocycles. The Morgan fingerprint density at radius 2 is 1.53 bits per heavy atom. The third-order valence-corrected chi connectivity index (χ3v) is 6.46. The molecule has 0 radical (unpaired) electrons. The van der Waals surface area contributed by atoms with Crippen LogP contribution in [0.1, 0.15) is 36.8 Å². The highest BCUT2D eigenvalue weighted by atomic mass is 79.9. The van der Waals surface area contributed by atoms with Gasteiger partial charge in [0.05, 0.1) is 6.21 Å². The Morgan fingerprint density at radius 1 is 0.882 bits per heavy atom. The van der Waals surface area contributed by atoms with Crippen LogP contribution in [0.2, 0.25) is 0 Å². The van der Waals surface area contributed by atoms with Crippen molar-refractivity contribution in [3.63, 3.8) is 0 Å². The van der Waals surface area contributed by atoms with Gasteiger partial charge in [-0.05, 0) is 49.4 Å². The fourth-order valence-electron chi connectivity index (χ4n) is 4.17. The van der Waals surface area contributed by atoms with E-state index in [4.69, 9.17) is 9.72 Å². The van der Waals surface area contributed by atoms with Gasteiger partial charge in [0.25, 0.3) is 0 Å². The van der Waals surface area contributed by atoms with E-state index < -0.39 is 0 Å². The summed E-state index contributed by atoms with van der Waals surface area (Å²) in [4.78, 5) is 18.5. The minimum absolute atomic E-state index is 0.455. The molecule has 0 bridgehead atoms. The van der Waals surface area contributed by atoms with Crippen molar-refractivity contribution in [1.82, 2.24) is 15.0 Å². The van der Waals surface area contributed by atoms with E-state index in [0.29, 0.717) is 12.6 Å². The molecule has 5 rings (SSSR count). The van der Waals surface area contributed by atoms with E-state index in [-0.39, 0.29) is 0 Å². The molecule has 2 aromatic carbocycles. The van der Waals surface area contributed by atoms with Gasteiger partial charge in [0.15, 0.2) is 0 Å². The minimum Gasteiger partial charge on any atom is -0.488 e. The average molecular weight is 522 g/mol. The summed E-state index contributed by atoms with van der Waals surface area (Å²) in [5.74, 6) is 2.66.